The Morgan fingerprint density at radius 3 is 2.39 bits per heavy atom. The van der Waals surface area contributed by atoms with E-state index in [4.69, 9.17) is 14.2 Å². The average Bonchev–Trinajstić information content (AvgIpc) is 3.04. The summed E-state index contributed by atoms with van der Waals surface area (Å²) in [5, 5.41) is 0. The highest BCUT2D eigenvalue weighted by atomic mass is 32.1. The highest BCUT2D eigenvalue weighted by Gasteiger charge is 2.14. The fourth-order valence-electron chi connectivity index (χ4n) is 2.98. The van der Waals surface area contributed by atoms with Crippen LogP contribution in [0.1, 0.15) is 38.1 Å². The summed E-state index contributed by atoms with van der Waals surface area (Å²) in [5.41, 5.74) is 1.22. The van der Waals surface area contributed by atoms with E-state index in [1.807, 2.05) is 39.0 Å². The molecule has 0 aliphatic carbocycles. The Morgan fingerprint density at radius 1 is 1.03 bits per heavy atom. The number of hydrogen-bond donors (Lipinski definition) is 0. The van der Waals surface area contributed by atoms with Crippen LogP contribution in [0.3, 0.4) is 0 Å². The lowest BCUT2D eigenvalue weighted by atomic mass is 10.2. The Kier molecular flexibility index (Phi) is 7.46. The Morgan fingerprint density at radius 2 is 1.74 bits per heavy atom. The fraction of sp³-hybridized carbons (Fsp3) is 0.348. The predicted molar refractivity (Wildman–Crippen MR) is 120 cm³/mol. The van der Waals surface area contributed by atoms with Crippen molar-refractivity contribution >= 4 is 33.4 Å². The SMILES string of the molecule is CCOC(=O)Cn1c(=NC(=O)c2ccc(OC(C)C)cc2)sc2cc(OCC)ccc21. The molecule has 0 aliphatic rings. The number of benzene rings is 2. The number of fused-ring (bicyclic) bond motifs is 1. The Balaban J connectivity index is 2.00. The first-order valence-electron chi connectivity index (χ1n) is 10.2. The topological polar surface area (TPSA) is 79.1 Å². The molecule has 0 radical (unpaired) electrons. The summed E-state index contributed by atoms with van der Waals surface area (Å²) in [5.74, 6) is 0.623. The van der Waals surface area contributed by atoms with Gasteiger partial charge in [0, 0.05) is 5.56 Å². The van der Waals surface area contributed by atoms with Gasteiger partial charge in [-0.2, -0.15) is 4.99 Å². The quantitative estimate of drug-likeness (QED) is 0.489. The maximum absolute atomic E-state index is 12.8. The molecule has 0 atom stereocenters. The van der Waals surface area contributed by atoms with Crippen LogP contribution in [0.5, 0.6) is 11.5 Å². The molecule has 164 valence electrons. The lowest BCUT2D eigenvalue weighted by molar-refractivity contribution is -0.143. The van der Waals surface area contributed by atoms with Crippen molar-refractivity contribution in [3.8, 4) is 11.5 Å². The first kappa shape index (κ1) is 22.6. The van der Waals surface area contributed by atoms with Crippen molar-refractivity contribution in [3.63, 3.8) is 0 Å². The number of ether oxygens (including phenoxy) is 3. The number of aromatic nitrogens is 1. The number of nitrogens with zero attached hydrogens (tertiary/aromatic N) is 2. The summed E-state index contributed by atoms with van der Waals surface area (Å²) in [6.45, 7) is 8.35. The van der Waals surface area contributed by atoms with E-state index in [-0.39, 0.29) is 25.2 Å². The summed E-state index contributed by atoms with van der Waals surface area (Å²) in [7, 11) is 0. The molecule has 0 aliphatic heterocycles. The van der Waals surface area contributed by atoms with E-state index in [1.54, 1.807) is 35.8 Å². The molecule has 3 aromatic rings. The minimum Gasteiger partial charge on any atom is -0.494 e. The van der Waals surface area contributed by atoms with Crippen LogP contribution in [0.4, 0.5) is 0 Å². The number of carbonyl (C=O) groups is 2. The maximum Gasteiger partial charge on any atom is 0.326 e. The second-order valence-corrected chi connectivity index (χ2v) is 7.96. The zero-order valence-electron chi connectivity index (χ0n) is 18.1. The summed E-state index contributed by atoms with van der Waals surface area (Å²) >= 11 is 1.32. The van der Waals surface area contributed by atoms with Gasteiger partial charge in [0.15, 0.2) is 4.80 Å². The Bertz CT molecular complexity index is 1130. The van der Waals surface area contributed by atoms with Crippen molar-refractivity contribution in [2.75, 3.05) is 13.2 Å². The van der Waals surface area contributed by atoms with Crippen LogP contribution >= 0.6 is 11.3 Å². The third-order valence-corrected chi connectivity index (χ3v) is 5.27. The second-order valence-electron chi connectivity index (χ2n) is 6.95. The van der Waals surface area contributed by atoms with Crippen molar-refractivity contribution in [3.05, 3.63) is 52.8 Å². The molecule has 1 heterocycles. The van der Waals surface area contributed by atoms with Crippen LogP contribution in [0.2, 0.25) is 0 Å². The molecule has 3 rings (SSSR count). The van der Waals surface area contributed by atoms with Gasteiger partial charge in [-0.1, -0.05) is 11.3 Å². The van der Waals surface area contributed by atoms with E-state index in [0.717, 1.165) is 16.0 Å². The first-order chi connectivity index (χ1) is 14.9. The monoisotopic (exact) mass is 442 g/mol. The molecular formula is C23H26N2O5S. The van der Waals surface area contributed by atoms with Crippen LogP contribution in [-0.2, 0) is 16.1 Å². The molecular weight excluding hydrogens is 416 g/mol. The zero-order chi connectivity index (χ0) is 22.4. The first-order valence-corrected chi connectivity index (χ1v) is 11.0. The molecule has 7 nitrogen and oxygen atoms in total. The standard InChI is InChI=1S/C23H26N2O5S/c1-5-28-18-11-12-19-20(13-18)31-23(25(19)14-21(26)29-6-2)24-22(27)16-7-9-17(10-8-16)30-15(3)4/h7-13,15H,5-6,14H2,1-4H3. The summed E-state index contributed by atoms with van der Waals surface area (Å²) in [6, 6.07) is 12.4. The van der Waals surface area contributed by atoms with Gasteiger partial charge in [-0.15, -0.1) is 0 Å². The number of hydrogen-bond acceptors (Lipinski definition) is 6. The molecule has 1 amide bonds. The van der Waals surface area contributed by atoms with Gasteiger partial charge >= 0.3 is 5.97 Å². The van der Waals surface area contributed by atoms with Gasteiger partial charge in [0.05, 0.1) is 29.5 Å². The molecule has 0 unspecified atom stereocenters. The third-order valence-electron chi connectivity index (χ3n) is 4.23. The van der Waals surface area contributed by atoms with E-state index in [2.05, 4.69) is 4.99 Å². The van der Waals surface area contributed by atoms with Crippen LogP contribution in [0.15, 0.2) is 47.5 Å². The van der Waals surface area contributed by atoms with Crippen LogP contribution < -0.4 is 14.3 Å². The van der Waals surface area contributed by atoms with Gasteiger partial charge in [0.1, 0.15) is 18.0 Å². The Hall–Kier alpha value is -3.13. The lowest BCUT2D eigenvalue weighted by Gasteiger charge is -2.09. The molecule has 0 bridgehead atoms. The number of amides is 1. The van der Waals surface area contributed by atoms with Crippen LogP contribution in [0, 0.1) is 0 Å². The van der Waals surface area contributed by atoms with Gasteiger partial charge in [0.2, 0.25) is 0 Å². The maximum atomic E-state index is 12.8. The van der Waals surface area contributed by atoms with Crippen molar-refractivity contribution in [2.24, 2.45) is 4.99 Å². The highest BCUT2D eigenvalue weighted by molar-refractivity contribution is 7.16. The largest absolute Gasteiger partial charge is 0.494 e. The Labute approximate surface area is 184 Å². The minimum absolute atomic E-state index is 0.0326. The number of esters is 1. The van der Waals surface area contributed by atoms with Gasteiger partial charge < -0.3 is 18.8 Å². The summed E-state index contributed by atoms with van der Waals surface area (Å²) < 4.78 is 18.8. The lowest BCUT2D eigenvalue weighted by Crippen LogP contribution is -2.23. The predicted octanol–water partition coefficient (Wildman–Crippen LogP) is 4.19. The van der Waals surface area contributed by atoms with Crippen LogP contribution in [0.25, 0.3) is 10.2 Å². The molecule has 0 saturated carbocycles. The molecule has 0 spiro atoms. The smallest absolute Gasteiger partial charge is 0.326 e. The number of rotatable bonds is 8. The number of carbonyl (C=O) groups excluding carboxylic acids is 2. The van der Waals surface area contributed by atoms with Crippen molar-refractivity contribution in [2.45, 2.75) is 40.3 Å². The molecule has 0 fully saturated rings. The van der Waals surface area contributed by atoms with Gasteiger partial charge in [-0.3, -0.25) is 9.59 Å². The zero-order valence-corrected chi connectivity index (χ0v) is 18.9. The number of thiazole rings is 1. The van der Waals surface area contributed by atoms with Gasteiger partial charge in [-0.25, -0.2) is 0 Å². The molecule has 0 N–H and O–H groups in total. The normalized spacial score (nSPS) is 11.7. The molecule has 1 aromatic heterocycles. The van der Waals surface area contributed by atoms with Crippen molar-refractivity contribution in [1.82, 2.24) is 4.57 Å². The van der Waals surface area contributed by atoms with Gasteiger partial charge in [0.25, 0.3) is 5.91 Å². The molecule has 8 heteroatoms. The van der Waals surface area contributed by atoms with E-state index >= 15 is 0 Å². The van der Waals surface area contributed by atoms with Crippen LogP contribution in [-0.4, -0.2) is 35.8 Å². The molecule has 31 heavy (non-hydrogen) atoms. The molecule has 2 aromatic carbocycles. The van der Waals surface area contributed by atoms with E-state index in [9.17, 15) is 9.59 Å². The summed E-state index contributed by atoms with van der Waals surface area (Å²) in [4.78, 5) is 29.7. The fourth-order valence-corrected chi connectivity index (χ4v) is 4.04. The van der Waals surface area contributed by atoms with E-state index in [0.29, 0.717) is 22.7 Å². The molecule has 0 saturated heterocycles. The average molecular weight is 443 g/mol. The highest BCUT2D eigenvalue weighted by Crippen LogP contribution is 2.24. The van der Waals surface area contributed by atoms with Crippen molar-refractivity contribution < 1.29 is 23.8 Å². The van der Waals surface area contributed by atoms with Gasteiger partial charge in [-0.05, 0) is 70.2 Å². The second kappa shape index (κ2) is 10.3. The third kappa shape index (κ3) is 5.73. The van der Waals surface area contributed by atoms with Crippen molar-refractivity contribution in [1.29, 1.82) is 0 Å². The summed E-state index contributed by atoms with van der Waals surface area (Å²) in [6.07, 6.45) is 0.0493. The minimum atomic E-state index is -0.398. The van der Waals surface area contributed by atoms with E-state index < -0.39 is 5.91 Å². The van der Waals surface area contributed by atoms with E-state index in [1.165, 1.54) is 11.3 Å².